The molecule has 0 aromatic carbocycles. The fraction of sp³-hybridized carbons (Fsp3) is 0.529. The molecule has 8 heteroatoms. The van der Waals surface area contributed by atoms with Gasteiger partial charge in [0.1, 0.15) is 29.6 Å². The van der Waals surface area contributed by atoms with E-state index in [9.17, 15) is 14.4 Å². The highest BCUT2D eigenvalue weighted by Crippen LogP contribution is 2.32. The number of carbonyl (C=O) groups excluding carboxylic acids is 2. The second-order valence-electron chi connectivity index (χ2n) is 6.31. The summed E-state index contributed by atoms with van der Waals surface area (Å²) in [6.07, 6.45) is 3.49. The molecule has 2 aromatic rings. The number of carbonyl (C=O) groups is 2. The number of furan rings is 1. The minimum Gasteiger partial charge on any atom is -0.462 e. The van der Waals surface area contributed by atoms with E-state index < -0.39 is 11.5 Å². The van der Waals surface area contributed by atoms with E-state index in [1.165, 1.54) is 10.9 Å². The predicted octanol–water partition coefficient (Wildman–Crippen LogP) is 1.39. The number of ether oxygens (including phenoxy) is 1. The molecule has 25 heavy (non-hydrogen) atoms. The largest absolute Gasteiger partial charge is 0.462 e. The van der Waals surface area contributed by atoms with Gasteiger partial charge < -0.3 is 14.5 Å². The van der Waals surface area contributed by atoms with E-state index in [0.29, 0.717) is 5.92 Å². The first kappa shape index (κ1) is 17.2. The van der Waals surface area contributed by atoms with Crippen molar-refractivity contribution >= 4 is 23.0 Å². The highest BCUT2D eigenvalue weighted by atomic mass is 16.5. The summed E-state index contributed by atoms with van der Waals surface area (Å²) in [5, 5.41) is 2.93. The Hall–Kier alpha value is -2.64. The number of hydrogen-bond donors (Lipinski definition) is 1. The van der Waals surface area contributed by atoms with Crippen molar-refractivity contribution in [1.82, 2.24) is 14.9 Å². The lowest BCUT2D eigenvalue weighted by molar-refractivity contribution is -0.122. The maximum atomic E-state index is 12.7. The van der Waals surface area contributed by atoms with Crippen LogP contribution in [0, 0.1) is 12.8 Å². The molecule has 3 rings (SSSR count). The summed E-state index contributed by atoms with van der Waals surface area (Å²) in [6, 6.07) is 0.0890. The average molecular weight is 347 g/mol. The van der Waals surface area contributed by atoms with Gasteiger partial charge in [0, 0.05) is 6.04 Å². The number of amides is 1. The van der Waals surface area contributed by atoms with Crippen molar-refractivity contribution in [2.45, 2.75) is 46.2 Å². The molecule has 2 aromatic heterocycles. The molecule has 0 radical (unpaired) electrons. The summed E-state index contributed by atoms with van der Waals surface area (Å²) in [4.78, 5) is 41.0. The van der Waals surface area contributed by atoms with E-state index in [1.807, 2.05) is 6.92 Å². The predicted molar refractivity (Wildman–Crippen MR) is 89.3 cm³/mol. The lowest BCUT2D eigenvalue weighted by Crippen LogP contribution is -2.38. The quantitative estimate of drug-likeness (QED) is 0.792. The Morgan fingerprint density at radius 2 is 2.20 bits per heavy atom. The lowest BCUT2D eigenvalue weighted by Gasteiger charge is -2.13. The second kappa shape index (κ2) is 6.70. The molecule has 0 unspecified atom stereocenters. The van der Waals surface area contributed by atoms with Crippen LogP contribution in [0.2, 0.25) is 0 Å². The van der Waals surface area contributed by atoms with Crippen molar-refractivity contribution in [1.29, 1.82) is 0 Å². The van der Waals surface area contributed by atoms with Crippen LogP contribution in [0.4, 0.5) is 0 Å². The Morgan fingerprint density at radius 1 is 1.48 bits per heavy atom. The number of nitrogens with one attached hydrogen (secondary N) is 1. The molecule has 1 N–H and O–H groups in total. The standard InChI is InChI=1S/C17H21N3O5/c1-4-24-17(23)13-10(3)25-15-14(13)16(22)20(8-18-15)7-12(21)19-9(2)11-5-6-11/h8-9,11H,4-7H2,1-3H3,(H,19,21)/t9-/m0/s1. The summed E-state index contributed by atoms with van der Waals surface area (Å²) in [7, 11) is 0. The van der Waals surface area contributed by atoms with Gasteiger partial charge in [-0.1, -0.05) is 0 Å². The fourth-order valence-corrected chi connectivity index (χ4v) is 2.87. The monoisotopic (exact) mass is 347 g/mol. The first-order chi connectivity index (χ1) is 11.9. The number of hydrogen-bond acceptors (Lipinski definition) is 6. The molecule has 2 heterocycles. The minimum absolute atomic E-state index is 0.0430. The van der Waals surface area contributed by atoms with Crippen LogP contribution >= 0.6 is 0 Å². The third-order valence-electron chi connectivity index (χ3n) is 4.37. The average Bonchev–Trinajstić information content (AvgIpc) is 3.33. The molecule has 0 bridgehead atoms. The number of rotatable bonds is 6. The van der Waals surface area contributed by atoms with Crippen LogP contribution in [0.5, 0.6) is 0 Å². The van der Waals surface area contributed by atoms with Gasteiger partial charge >= 0.3 is 5.97 Å². The molecule has 1 atom stereocenters. The van der Waals surface area contributed by atoms with E-state index in [0.717, 1.165) is 12.8 Å². The van der Waals surface area contributed by atoms with Crippen LogP contribution in [-0.2, 0) is 16.1 Å². The smallest absolute Gasteiger partial charge is 0.342 e. The van der Waals surface area contributed by atoms with Crippen molar-refractivity contribution in [2.75, 3.05) is 6.61 Å². The van der Waals surface area contributed by atoms with Crippen molar-refractivity contribution < 1.29 is 18.7 Å². The van der Waals surface area contributed by atoms with E-state index in [2.05, 4.69) is 10.3 Å². The molecule has 134 valence electrons. The first-order valence-electron chi connectivity index (χ1n) is 8.37. The molecule has 0 saturated heterocycles. The molecule has 1 saturated carbocycles. The molecular formula is C17H21N3O5. The van der Waals surface area contributed by atoms with Crippen molar-refractivity contribution in [3.05, 3.63) is 28.0 Å². The van der Waals surface area contributed by atoms with Gasteiger partial charge in [-0.05, 0) is 39.5 Å². The molecule has 1 amide bonds. The van der Waals surface area contributed by atoms with Crippen LogP contribution in [0.15, 0.2) is 15.5 Å². The van der Waals surface area contributed by atoms with Crippen molar-refractivity contribution in [3.8, 4) is 0 Å². The van der Waals surface area contributed by atoms with Crippen LogP contribution in [0.3, 0.4) is 0 Å². The van der Waals surface area contributed by atoms with Crippen LogP contribution < -0.4 is 10.9 Å². The van der Waals surface area contributed by atoms with Crippen molar-refractivity contribution in [2.24, 2.45) is 5.92 Å². The first-order valence-corrected chi connectivity index (χ1v) is 8.37. The number of fused-ring (bicyclic) bond motifs is 1. The number of esters is 1. The normalized spacial score (nSPS) is 15.2. The zero-order chi connectivity index (χ0) is 18.1. The molecule has 8 nitrogen and oxygen atoms in total. The summed E-state index contributed by atoms with van der Waals surface area (Å²) in [5.41, 5.74) is -0.372. The minimum atomic E-state index is -0.637. The highest BCUT2D eigenvalue weighted by Gasteiger charge is 2.29. The Bertz CT molecular complexity index is 878. The molecule has 0 spiro atoms. The van der Waals surface area contributed by atoms with E-state index in [4.69, 9.17) is 9.15 Å². The van der Waals surface area contributed by atoms with Gasteiger partial charge in [0.2, 0.25) is 11.6 Å². The van der Waals surface area contributed by atoms with E-state index in [1.54, 1.807) is 13.8 Å². The maximum absolute atomic E-state index is 12.7. The summed E-state index contributed by atoms with van der Waals surface area (Å²) < 4.78 is 11.5. The Kier molecular flexibility index (Phi) is 4.61. The van der Waals surface area contributed by atoms with Gasteiger partial charge in [-0.2, -0.15) is 0 Å². The third-order valence-corrected chi connectivity index (χ3v) is 4.37. The number of nitrogens with zero attached hydrogens (tertiary/aromatic N) is 2. The third kappa shape index (κ3) is 3.42. The molecule has 1 fully saturated rings. The SMILES string of the molecule is CCOC(=O)c1c(C)oc2ncn(CC(=O)N[C@@H](C)C3CC3)c(=O)c12. The number of aryl methyl sites for hydroxylation is 1. The molecular weight excluding hydrogens is 326 g/mol. The Morgan fingerprint density at radius 3 is 2.84 bits per heavy atom. The van der Waals surface area contributed by atoms with Gasteiger partial charge in [0.25, 0.3) is 5.56 Å². The van der Waals surface area contributed by atoms with E-state index >= 15 is 0 Å². The lowest BCUT2D eigenvalue weighted by atomic mass is 10.2. The van der Waals surface area contributed by atoms with Crippen molar-refractivity contribution in [3.63, 3.8) is 0 Å². The number of aromatic nitrogens is 2. The second-order valence-corrected chi connectivity index (χ2v) is 6.31. The summed E-state index contributed by atoms with van der Waals surface area (Å²) in [6.45, 7) is 5.23. The van der Waals surface area contributed by atoms with Crippen LogP contribution in [0.1, 0.15) is 42.8 Å². The summed E-state index contributed by atoms with van der Waals surface area (Å²) >= 11 is 0. The fourth-order valence-electron chi connectivity index (χ4n) is 2.87. The molecule has 0 aliphatic heterocycles. The molecule has 1 aliphatic rings. The Balaban J connectivity index is 1.90. The summed E-state index contributed by atoms with van der Waals surface area (Å²) in [5.74, 6) is -0.112. The topological polar surface area (TPSA) is 103 Å². The van der Waals surface area contributed by atoms with Gasteiger partial charge in [0.05, 0.1) is 6.61 Å². The van der Waals surface area contributed by atoms with Gasteiger partial charge in [0.15, 0.2) is 0 Å². The molecule has 1 aliphatic carbocycles. The van der Waals surface area contributed by atoms with Gasteiger partial charge in [-0.25, -0.2) is 9.78 Å². The van der Waals surface area contributed by atoms with Crippen LogP contribution in [0.25, 0.3) is 11.1 Å². The Labute approximate surface area is 144 Å². The zero-order valence-electron chi connectivity index (χ0n) is 14.5. The zero-order valence-corrected chi connectivity index (χ0v) is 14.5. The van der Waals surface area contributed by atoms with Gasteiger partial charge in [-0.15, -0.1) is 0 Å². The highest BCUT2D eigenvalue weighted by molar-refractivity contribution is 6.03. The van der Waals surface area contributed by atoms with Gasteiger partial charge in [-0.3, -0.25) is 14.2 Å². The van der Waals surface area contributed by atoms with Crippen LogP contribution in [-0.4, -0.2) is 34.1 Å². The van der Waals surface area contributed by atoms with E-state index in [-0.39, 0.29) is 47.5 Å². The maximum Gasteiger partial charge on any atom is 0.342 e.